The van der Waals surface area contributed by atoms with Gasteiger partial charge in [-0.2, -0.15) is 4.68 Å². The summed E-state index contributed by atoms with van der Waals surface area (Å²) in [6.07, 6.45) is 0. The second kappa shape index (κ2) is 4.20. The first-order valence-corrected chi connectivity index (χ1v) is 5.81. The predicted molar refractivity (Wildman–Crippen MR) is 71.5 cm³/mol. The number of fused-ring (bicyclic) bond motifs is 1. The number of nitrogens with zero attached hydrogens (tertiary/aromatic N) is 3. The predicted octanol–water partition coefficient (Wildman–Crippen LogP) is 1.79. The quantitative estimate of drug-likeness (QED) is 0.718. The van der Waals surface area contributed by atoms with Gasteiger partial charge in [-0.25, -0.2) is 0 Å². The number of aryl methyl sites for hydroxylation is 1. The van der Waals surface area contributed by atoms with Gasteiger partial charge in [0.2, 0.25) is 0 Å². The van der Waals surface area contributed by atoms with Gasteiger partial charge in [0, 0.05) is 0 Å². The highest BCUT2D eigenvalue weighted by atomic mass is 16.3. The number of phenolic OH excluding ortho intramolecular Hbond substituents is 1. The normalized spacial score (nSPS) is 10.8. The molecule has 0 fully saturated rings. The molecule has 0 aliphatic carbocycles. The van der Waals surface area contributed by atoms with Gasteiger partial charge in [0.05, 0.1) is 5.39 Å². The Morgan fingerprint density at radius 2 is 1.95 bits per heavy atom. The van der Waals surface area contributed by atoms with Crippen LogP contribution >= 0.6 is 0 Å². The zero-order valence-corrected chi connectivity index (χ0v) is 10.2. The Labute approximate surface area is 108 Å². The molecule has 0 spiro atoms. The minimum absolute atomic E-state index is 0.00252. The van der Waals surface area contributed by atoms with Gasteiger partial charge in [0.15, 0.2) is 0 Å². The monoisotopic (exact) mass is 253 g/mol. The molecule has 5 nitrogen and oxygen atoms in total. The fourth-order valence-electron chi connectivity index (χ4n) is 1.95. The average molecular weight is 253 g/mol. The van der Waals surface area contributed by atoms with E-state index in [1.807, 2.05) is 6.92 Å². The Kier molecular flexibility index (Phi) is 2.52. The molecule has 1 N–H and O–H groups in total. The van der Waals surface area contributed by atoms with Crippen LogP contribution in [-0.4, -0.2) is 20.1 Å². The third-order valence-corrected chi connectivity index (χ3v) is 2.93. The van der Waals surface area contributed by atoms with Crippen LogP contribution in [-0.2, 0) is 0 Å². The van der Waals surface area contributed by atoms with Crippen molar-refractivity contribution in [2.24, 2.45) is 0 Å². The van der Waals surface area contributed by atoms with E-state index >= 15 is 0 Å². The van der Waals surface area contributed by atoms with Crippen molar-refractivity contribution in [1.82, 2.24) is 15.0 Å². The molecule has 0 aliphatic heterocycles. The van der Waals surface area contributed by atoms with E-state index in [1.165, 1.54) is 6.07 Å². The number of hydrogen-bond acceptors (Lipinski definition) is 4. The van der Waals surface area contributed by atoms with E-state index in [-0.39, 0.29) is 11.3 Å². The molecule has 0 saturated carbocycles. The molecular weight excluding hydrogens is 242 g/mol. The number of aromatic nitrogens is 3. The summed E-state index contributed by atoms with van der Waals surface area (Å²) in [7, 11) is 0. The Morgan fingerprint density at radius 3 is 2.79 bits per heavy atom. The fourth-order valence-corrected chi connectivity index (χ4v) is 1.95. The molecule has 0 atom stereocenters. The summed E-state index contributed by atoms with van der Waals surface area (Å²) >= 11 is 0. The molecule has 94 valence electrons. The molecule has 0 bridgehead atoms. The maximum Gasteiger partial charge on any atom is 0.282 e. The molecule has 0 saturated heterocycles. The van der Waals surface area contributed by atoms with Crippen LogP contribution in [0.3, 0.4) is 0 Å². The lowest BCUT2D eigenvalue weighted by molar-refractivity contribution is 0.468. The molecule has 5 heteroatoms. The molecule has 0 radical (unpaired) electrons. The largest absolute Gasteiger partial charge is 0.506 e. The summed E-state index contributed by atoms with van der Waals surface area (Å²) in [5, 5.41) is 18.2. The zero-order chi connectivity index (χ0) is 13.4. The third kappa shape index (κ3) is 1.85. The van der Waals surface area contributed by atoms with E-state index in [2.05, 4.69) is 10.3 Å². The molecule has 0 amide bonds. The molecule has 3 aromatic rings. The van der Waals surface area contributed by atoms with Gasteiger partial charge >= 0.3 is 0 Å². The lowest BCUT2D eigenvalue weighted by Gasteiger charge is -2.07. The molecule has 19 heavy (non-hydrogen) atoms. The van der Waals surface area contributed by atoms with E-state index in [1.54, 1.807) is 36.4 Å². The molecule has 0 unspecified atom stereocenters. The standard InChI is InChI=1S/C14H11N3O2/c1-9-6-7-13(18)12(8-9)17-14(19)10-4-2-3-5-11(10)15-16-17/h2-8,18H,1H3. The van der Waals surface area contributed by atoms with Crippen LogP contribution in [0.4, 0.5) is 0 Å². The zero-order valence-electron chi connectivity index (χ0n) is 10.2. The van der Waals surface area contributed by atoms with Crippen molar-refractivity contribution in [3.05, 3.63) is 58.4 Å². The van der Waals surface area contributed by atoms with Crippen LogP contribution in [0.15, 0.2) is 47.3 Å². The number of hydrogen-bond donors (Lipinski definition) is 1. The lowest BCUT2D eigenvalue weighted by atomic mass is 10.2. The Morgan fingerprint density at radius 1 is 1.16 bits per heavy atom. The molecule has 2 aromatic carbocycles. The number of benzene rings is 2. The minimum Gasteiger partial charge on any atom is -0.506 e. The topological polar surface area (TPSA) is 68.0 Å². The van der Waals surface area contributed by atoms with E-state index in [0.29, 0.717) is 16.6 Å². The lowest BCUT2D eigenvalue weighted by Crippen LogP contribution is -2.22. The fraction of sp³-hybridized carbons (Fsp3) is 0.0714. The Balaban J connectivity index is 2.35. The van der Waals surface area contributed by atoms with Crippen molar-refractivity contribution in [2.45, 2.75) is 6.92 Å². The van der Waals surface area contributed by atoms with Crippen molar-refractivity contribution in [3.8, 4) is 11.4 Å². The summed E-state index contributed by atoms with van der Waals surface area (Å²) in [5.41, 5.74) is 1.50. The summed E-state index contributed by atoms with van der Waals surface area (Å²) in [4.78, 5) is 12.3. The van der Waals surface area contributed by atoms with E-state index in [9.17, 15) is 9.90 Å². The van der Waals surface area contributed by atoms with Crippen molar-refractivity contribution in [1.29, 1.82) is 0 Å². The molecule has 1 heterocycles. The van der Waals surface area contributed by atoms with Crippen molar-refractivity contribution >= 4 is 10.9 Å². The van der Waals surface area contributed by atoms with Crippen molar-refractivity contribution < 1.29 is 5.11 Å². The number of rotatable bonds is 1. The first-order valence-electron chi connectivity index (χ1n) is 5.81. The molecule has 3 rings (SSSR count). The Bertz CT molecular complexity index is 824. The van der Waals surface area contributed by atoms with E-state index in [4.69, 9.17) is 0 Å². The van der Waals surface area contributed by atoms with Crippen LogP contribution in [0.5, 0.6) is 5.75 Å². The summed E-state index contributed by atoms with van der Waals surface area (Å²) in [5.74, 6) is -0.00252. The highest BCUT2D eigenvalue weighted by molar-refractivity contribution is 5.76. The van der Waals surface area contributed by atoms with Gasteiger partial charge in [-0.3, -0.25) is 4.79 Å². The number of phenols is 1. The Hall–Kier alpha value is -2.69. The highest BCUT2D eigenvalue weighted by Gasteiger charge is 2.10. The van der Waals surface area contributed by atoms with Crippen LogP contribution in [0.25, 0.3) is 16.6 Å². The van der Waals surface area contributed by atoms with Gasteiger partial charge in [0.25, 0.3) is 5.56 Å². The average Bonchev–Trinajstić information content (AvgIpc) is 2.43. The second-order valence-electron chi connectivity index (χ2n) is 4.32. The first kappa shape index (κ1) is 11.4. The highest BCUT2D eigenvalue weighted by Crippen LogP contribution is 2.20. The second-order valence-corrected chi connectivity index (χ2v) is 4.32. The van der Waals surface area contributed by atoms with E-state index < -0.39 is 0 Å². The van der Waals surface area contributed by atoms with Crippen molar-refractivity contribution in [3.63, 3.8) is 0 Å². The van der Waals surface area contributed by atoms with Gasteiger partial charge in [-0.1, -0.05) is 23.4 Å². The summed E-state index contributed by atoms with van der Waals surface area (Å²) in [6.45, 7) is 1.88. The van der Waals surface area contributed by atoms with Crippen LogP contribution in [0.2, 0.25) is 0 Å². The van der Waals surface area contributed by atoms with Gasteiger partial charge in [-0.05, 0) is 36.8 Å². The van der Waals surface area contributed by atoms with Crippen LogP contribution < -0.4 is 5.56 Å². The van der Waals surface area contributed by atoms with Crippen molar-refractivity contribution in [2.75, 3.05) is 0 Å². The molecule has 0 aliphatic rings. The van der Waals surface area contributed by atoms with E-state index in [0.717, 1.165) is 10.2 Å². The smallest absolute Gasteiger partial charge is 0.282 e. The maximum atomic E-state index is 12.3. The first-order chi connectivity index (χ1) is 9.16. The van der Waals surface area contributed by atoms with Gasteiger partial charge in [-0.15, -0.1) is 5.10 Å². The minimum atomic E-state index is -0.300. The maximum absolute atomic E-state index is 12.3. The SMILES string of the molecule is Cc1ccc(O)c(-n2nnc3ccccc3c2=O)c1. The molecular formula is C14H11N3O2. The van der Waals surface area contributed by atoms with Crippen LogP contribution in [0.1, 0.15) is 5.56 Å². The summed E-state index contributed by atoms with van der Waals surface area (Å²) < 4.78 is 1.12. The number of aromatic hydroxyl groups is 1. The van der Waals surface area contributed by atoms with Gasteiger partial charge < -0.3 is 5.11 Å². The summed E-state index contributed by atoms with van der Waals surface area (Å²) in [6, 6.07) is 12.0. The van der Waals surface area contributed by atoms with Gasteiger partial charge in [0.1, 0.15) is 17.0 Å². The third-order valence-electron chi connectivity index (χ3n) is 2.93. The van der Waals surface area contributed by atoms with Crippen LogP contribution in [0, 0.1) is 6.92 Å². The molecule has 1 aromatic heterocycles.